The van der Waals surface area contributed by atoms with E-state index in [2.05, 4.69) is 10.3 Å². The van der Waals surface area contributed by atoms with Crippen molar-refractivity contribution in [3.05, 3.63) is 57.2 Å². The average molecular weight is 343 g/mol. The summed E-state index contributed by atoms with van der Waals surface area (Å²) in [6.07, 6.45) is 0. The van der Waals surface area contributed by atoms with Gasteiger partial charge in [0.05, 0.1) is 5.69 Å². The summed E-state index contributed by atoms with van der Waals surface area (Å²) in [5.41, 5.74) is 7.91. The van der Waals surface area contributed by atoms with Crippen LogP contribution >= 0.6 is 22.7 Å². The van der Waals surface area contributed by atoms with Crippen LogP contribution in [0.1, 0.15) is 25.7 Å². The molecule has 2 heterocycles. The molecule has 0 fully saturated rings. The van der Waals surface area contributed by atoms with Gasteiger partial charge in [-0.15, -0.1) is 11.3 Å². The fraction of sp³-hybridized carbons (Fsp3) is 0.0625. The molecule has 2 aromatic heterocycles. The van der Waals surface area contributed by atoms with Gasteiger partial charge < -0.3 is 11.1 Å². The standard InChI is InChI=1S/C16H13N3O2S2/c1-9-13(23-16(18-9)11-6-7-22-8-11)15(21)19-12-4-2-10(3-5-12)14(17)20/h2-8H,1H3,(H2,17,20)(H,19,21). The molecular weight excluding hydrogens is 330 g/mol. The maximum atomic E-state index is 12.4. The van der Waals surface area contributed by atoms with Crippen molar-refractivity contribution in [2.45, 2.75) is 6.92 Å². The number of aromatic nitrogens is 1. The number of thiophene rings is 1. The quantitative estimate of drug-likeness (QED) is 0.760. The van der Waals surface area contributed by atoms with Crippen molar-refractivity contribution >= 4 is 40.2 Å². The number of carbonyl (C=O) groups is 2. The summed E-state index contributed by atoms with van der Waals surface area (Å²) in [6.45, 7) is 1.82. The van der Waals surface area contributed by atoms with E-state index in [-0.39, 0.29) is 5.91 Å². The van der Waals surface area contributed by atoms with Gasteiger partial charge in [0.1, 0.15) is 9.88 Å². The summed E-state index contributed by atoms with van der Waals surface area (Å²) < 4.78 is 0. The Morgan fingerprint density at radius 3 is 2.52 bits per heavy atom. The van der Waals surface area contributed by atoms with Gasteiger partial charge in [-0.1, -0.05) is 0 Å². The Bertz CT molecular complexity index is 852. The number of hydrogen-bond acceptors (Lipinski definition) is 5. The van der Waals surface area contributed by atoms with Crippen molar-refractivity contribution in [3.63, 3.8) is 0 Å². The van der Waals surface area contributed by atoms with Gasteiger partial charge in [0.15, 0.2) is 0 Å². The van der Waals surface area contributed by atoms with Crippen LogP contribution in [0.3, 0.4) is 0 Å². The summed E-state index contributed by atoms with van der Waals surface area (Å²) in [7, 11) is 0. The van der Waals surface area contributed by atoms with E-state index < -0.39 is 5.91 Å². The van der Waals surface area contributed by atoms with E-state index >= 15 is 0 Å². The lowest BCUT2D eigenvalue weighted by Gasteiger charge is -2.04. The van der Waals surface area contributed by atoms with E-state index in [1.807, 2.05) is 23.8 Å². The third-order valence-electron chi connectivity index (χ3n) is 3.20. The number of aryl methyl sites for hydroxylation is 1. The zero-order valence-electron chi connectivity index (χ0n) is 12.2. The smallest absolute Gasteiger partial charge is 0.267 e. The molecule has 0 saturated heterocycles. The van der Waals surface area contributed by atoms with E-state index in [1.54, 1.807) is 35.6 Å². The maximum absolute atomic E-state index is 12.4. The van der Waals surface area contributed by atoms with Gasteiger partial charge in [-0.05, 0) is 42.6 Å². The number of nitrogens with two attached hydrogens (primary N) is 1. The molecule has 3 rings (SSSR count). The molecule has 3 aromatic rings. The van der Waals surface area contributed by atoms with Gasteiger partial charge in [-0.25, -0.2) is 4.98 Å². The maximum Gasteiger partial charge on any atom is 0.267 e. The highest BCUT2D eigenvalue weighted by molar-refractivity contribution is 7.17. The highest BCUT2D eigenvalue weighted by atomic mass is 32.1. The van der Waals surface area contributed by atoms with Crippen LogP contribution in [0.25, 0.3) is 10.6 Å². The number of carbonyl (C=O) groups excluding carboxylic acids is 2. The van der Waals surface area contributed by atoms with Gasteiger partial charge in [0.25, 0.3) is 5.91 Å². The van der Waals surface area contributed by atoms with Crippen LogP contribution < -0.4 is 11.1 Å². The largest absolute Gasteiger partial charge is 0.366 e. The minimum absolute atomic E-state index is 0.215. The molecule has 0 unspecified atom stereocenters. The monoisotopic (exact) mass is 343 g/mol. The number of anilines is 1. The highest BCUT2D eigenvalue weighted by Crippen LogP contribution is 2.29. The number of hydrogen-bond donors (Lipinski definition) is 2. The first-order valence-corrected chi connectivity index (χ1v) is 8.52. The first kappa shape index (κ1) is 15.4. The zero-order valence-corrected chi connectivity index (χ0v) is 13.8. The molecule has 0 radical (unpaired) electrons. The number of thiazole rings is 1. The van der Waals surface area contributed by atoms with Crippen LogP contribution in [0.15, 0.2) is 41.1 Å². The number of nitrogens with one attached hydrogen (secondary N) is 1. The number of nitrogens with zero attached hydrogens (tertiary/aromatic N) is 1. The number of benzene rings is 1. The van der Waals surface area contributed by atoms with E-state index in [9.17, 15) is 9.59 Å². The van der Waals surface area contributed by atoms with Gasteiger partial charge in [0, 0.05) is 22.2 Å². The van der Waals surface area contributed by atoms with E-state index in [0.717, 1.165) is 10.6 Å². The van der Waals surface area contributed by atoms with Crippen LogP contribution in [-0.4, -0.2) is 16.8 Å². The Morgan fingerprint density at radius 2 is 1.91 bits per heavy atom. The van der Waals surface area contributed by atoms with Gasteiger partial charge in [-0.2, -0.15) is 11.3 Å². The molecule has 5 nitrogen and oxygen atoms in total. The number of rotatable bonds is 4. The molecule has 2 amide bonds. The van der Waals surface area contributed by atoms with Crippen molar-refractivity contribution in [3.8, 4) is 10.6 Å². The van der Waals surface area contributed by atoms with E-state index in [0.29, 0.717) is 21.8 Å². The Morgan fingerprint density at radius 1 is 1.17 bits per heavy atom. The SMILES string of the molecule is Cc1nc(-c2ccsc2)sc1C(=O)Nc1ccc(C(N)=O)cc1. The van der Waals surface area contributed by atoms with Crippen molar-refractivity contribution in [1.29, 1.82) is 0 Å². The zero-order chi connectivity index (χ0) is 16.4. The first-order valence-electron chi connectivity index (χ1n) is 6.76. The molecule has 7 heteroatoms. The average Bonchev–Trinajstić information content (AvgIpc) is 3.16. The molecule has 0 spiro atoms. The molecule has 0 saturated carbocycles. The molecule has 1 aromatic carbocycles. The molecule has 0 bridgehead atoms. The van der Waals surface area contributed by atoms with Crippen molar-refractivity contribution < 1.29 is 9.59 Å². The Kier molecular flexibility index (Phi) is 4.22. The predicted molar refractivity (Wildman–Crippen MR) is 93.1 cm³/mol. The predicted octanol–water partition coefficient (Wildman–Crippen LogP) is 3.53. The lowest BCUT2D eigenvalue weighted by Crippen LogP contribution is -2.13. The normalized spacial score (nSPS) is 10.5. The van der Waals surface area contributed by atoms with Gasteiger partial charge in [-0.3, -0.25) is 9.59 Å². The fourth-order valence-electron chi connectivity index (χ4n) is 2.02. The Labute approximate surface area is 140 Å². The van der Waals surface area contributed by atoms with Crippen LogP contribution in [0.2, 0.25) is 0 Å². The summed E-state index contributed by atoms with van der Waals surface area (Å²) in [6, 6.07) is 8.43. The highest BCUT2D eigenvalue weighted by Gasteiger charge is 2.16. The second kappa shape index (κ2) is 6.31. The van der Waals surface area contributed by atoms with Crippen molar-refractivity contribution in [2.24, 2.45) is 5.73 Å². The molecule has 23 heavy (non-hydrogen) atoms. The molecule has 0 atom stereocenters. The number of amides is 2. The molecule has 0 aliphatic rings. The molecule has 0 aliphatic heterocycles. The fourth-order valence-corrected chi connectivity index (χ4v) is 3.70. The Balaban J connectivity index is 1.79. The summed E-state index contributed by atoms with van der Waals surface area (Å²) >= 11 is 2.95. The van der Waals surface area contributed by atoms with Gasteiger partial charge in [0.2, 0.25) is 5.91 Å². The third kappa shape index (κ3) is 3.30. The molecular formula is C16H13N3O2S2. The lowest BCUT2D eigenvalue weighted by molar-refractivity contribution is 0.0998. The summed E-state index contributed by atoms with van der Waals surface area (Å²) in [4.78, 5) is 28.5. The lowest BCUT2D eigenvalue weighted by atomic mass is 10.2. The Hall–Kier alpha value is -2.51. The minimum atomic E-state index is -0.499. The molecule has 116 valence electrons. The second-order valence-electron chi connectivity index (χ2n) is 4.84. The van der Waals surface area contributed by atoms with Crippen LogP contribution in [0.5, 0.6) is 0 Å². The van der Waals surface area contributed by atoms with E-state index in [1.165, 1.54) is 11.3 Å². The number of primary amides is 1. The van der Waals surface area contributed by atoms with Crippen molar-refractivity contribution in [1.82, 2.24) is 4.98 Å². The first-order chi connectivity index (χ1) is 11.0. The second-order valence-corrected chi connectivity index (χ2v) is 6.62. The van der Waals surface area contributed by atoms with Gasteiger partial charge >= 0.3 is 0 Å². The van der Waals surface area contributed by atoms with Crippen LogP contribution in [0, 0.1) is 6.92 Å². The minimum Gasteiger partial charge on any atom is -0.366 e. The van der Waals surface area contributed by atoms with Crippen LogP contribution in [-0.2, 0) is 0 Å². The van der Waals surface area contributed by atoms with Crippen molar-refractivity contribution in [2.75, 3.05) is 5.32 Å². The molecule has 3 N–H and O–H groups in total. The van der Waals surface area contributed by atoms with E-state index in [4.69, 9.17) is 5.73 Å². The summed E-state index contributed by atoms with van der Waals surface area (Å²) in [5.74, 6) is -0.713. The topological polar surface area (TPSA) is 85.1 Å². The summed E-state index contributed by atoms with van der Waals surface area (Å²) in [5, 5.41) is 7.62. The van der Waals surface area contributed by atoms with Crippen LogP contribution in [0.4, 0.5) is 5.69 Å². The molecule has 0 aliphatic carbocycles. The third-order valence-corrected chi connectivity index (χ3v) is 5.09.